The molecule has 1 unspecified atom stereocenters. The first kappa shape index (κ1) is 12.0. The Morgan fingerprint density at radius 3 is 3.06 bits per heavy atom. The number of halogens is 2. The topological polar surface area (TPSA) is 57.0 Å². The van der Waals surface area contributed by atoms with Crippen LogP contribution in [0.1, 0.15) is 10.5 Å². The van der Waals surface area contributed by atoms with Gasteiger partial charge in [0.15, 0.2) is 5.69 Å². The normalized spacial score (nSPS) is 11.4. The van der Waals surface area contributed by atoms with E-state index in [2.05, 4.69) is 36.9 Å². The minimum absolute atomic E-state index is 0.200. The third-order valence-electron chi connectivity index (χ3n) is 1.99. The number of hydrogen-bond donors (Lipinski definition) is 0. The van der Waals surface area contributed by atoms with E-state index in [-0.39, 0.29) is 10.8 Å². The summed E-state index contributed by atoms with van der Waals surface area (Å²) in [5, 5.41) is 5.05. The number of fused-ring (bicyclic) bond motifs is 1. The lowest BCUT2D eigenvalue weighted by Crippen LogP contribution is -2.05. The zero-order chi connectivity index (χ0) is 11.7. The molecule has 1 atom stereocenters. The molecule has 8 heteroatoms. The van der Waals surface area contributed by atoms with Crippen LogP contribution < -0.4 is 0 Å². The van der Waals surface area contributed by atoms with Crippen LogP contribution in [0.2, 0.25) is 5.15 Å². The van der Waals surface area contributed by atoms with Crippen LogP contribution in [0.5, 0.6) is 0 Å². The summed E-state index contributed by atoms with van der Waals surface area (Å²) in [5.74, 6) is -0.510. The van der Waals surface area contributed by atoms with Gasteiger partial charge in [-0.1, -0.05) is 11.6 Å². The minimum atomic E-state index is -0.510. The van der Waals surface area contributed by atoms with Gasteiger partial charge in [0.25, 0.3) is 0 Å². The summed E-state index contributed by atoms with van der Waals surface area (Å²) in [7, 11) is 1.31. The number of nitrogens with zero attached hydrogens (tertiary/aromatic N) is 3. The second kappa shape index (κ2) is 4.81. The minimum Gasteiger partial charge on any atom is -0.464 e. The lowest BCUT2D eigenvalue weighted by Gasteiger charge is -2.02. The van der Waals surface area contributed by atoms with E-state index in [1.165, 1.54) is 7.11 Å². The lowest BCUT2D eigenvalue weighted by atomic mass is 10.2. The fourth-order valence-electron chi connectivity index (χ4n) is 1.31. The highest BCUT2D eigenvalue weighted by atomic mass is 127. The number of rotatable bonds is 2. The summed E-state index contributed by atoms with van der Waals surface area (Å²) >= 11 is 8.05. The van der Waals surface area contributed by atoms with Crippen molar-refractivity contribution in [2.24, 2.45) is 0 Å². The van der Waals surface area contributed by atoms with Crippen molar-refractivity contribution in [1.82, 2.24) is 14.5 Å². The Hall–Kier alpha value is -0.460. The van der Waals surface area contributed by atoms with Crippen molar-refractivity contribution in [3.63, 3.8) is 0 Å². The van der Waals surface area contributed by atoms with Crippen molar-refractivity contribution in [2.45, 2.75) is 0 Å². The second-order valence-corrected chi connectivity index (χ2v) is 5.29. The summed E-state index contributed by atoms with van der Waals surface area (Å²) in [6.45, 7) is 0. The van der Waals surface area contributed by atoms with Crippen molar-refractivity contribution in [2.75, 3.05) is 7.11 Å². The van der Waals surface area contributed by atoms with Gasteiger partial charge in [0.1, 0.15) is 5.15 Å². The van der Waals surface area contributed by atoms with E-state index < -0.39 is 5.97 Å². The van der Waals surface area contributed by atoms with Gasteiger partial charge >= 0.3 is 5.97 Å². The predicted molar refractivity (Wildman–Crippen MR) is 71.6 cm³/mol. The summed E-state index contributed by atoms with van der Waals surface area (Å²) < 4.78 is 6.41. The molecule has 0 N–H and O–H groups in total. The Balaban J connectivity index is 2.74. The average molecular weight is 369 g/mol. The van der Waals surface area contributed by atoms with E-state index >= 15 is 0 Å². The van der Waals surface area contributed by atoms with Gasteiger partial charge in [-0.2, -0.15) is 5.10 Å². The number of aromatic nitrogens is 3. The van der Waals surface area contributed by atoms with Gasteiger partial charge < -0.3 is 4.74 Å². The first-order valence-electron chi connectivity index (χ1n) is 4.16. The van der Waals surface area contributed by atoms with E-state index in [0.29, 0.717) is 11.8 Å². The molecule has 0 spiro atoms. The number of esters is 1. The fraction of sp³-hybridized carbons (Fsp3) is 0.125. The Morgan fingerprint density at radius 1 is 1.69 bits per heavy atom. The Bertz CT molecular complexity index is 559. The van der Waals surface area contributed by atoms with Crippen LogP contribution in [0.25, 0.3) is 10.9 Å². The van der Waals surface area contributed by atoms with Crippen LogP contribution in [0.4, 0.5) is 0 Å². The van der Waals surface area contributed by atoms with E-state index in [4.69, 9.17) is 11.6 Å². The quantitative estimate of drug-likeness (QED) is 0.353. The van der Waals surface area contributed by atoms with Gasteiger partial charge in [-0.3, -0.25) is 0 Å². The highest BCUT2D eigenvalue weighted by Crippen LogP contribution is 2.30. The zero-order valence-corrected chi connectivity index (χ0v) is 12.0. The number of pyridine rings is 1. The van der Waals surface area contributed by atoms with Crippen molar-refractivity contribution < 1.29 is 9.53 Å². The van der Waals surface area contributed by atoms with Gasteiger partial charge in [0, 0.05) is 6.07 Å². The maximum absolute atomic E-state index is 11.5. The first-order chi connectivity index (χ1) is 7.67. The molecule has 0 saturated heterocycles. The van der Waals surface area contributed by atoms with Gasteiger partial charge in [-0.15, -0.1) is 0 Å². The molecule has 2 rings (SSSR count). The van der Waals surface area contributed by atoms with Crippen LogP contribution in [-0.2, 0) is 4.74 Å². The van der Waals surface area contributed by atoms with Crippen molar-refractivity contribution in [3.8, 4) is 0 Å². The Labute approximate surface area is 111 Å². The largest absolute Gasteiger partial charge is 0.464 e. The fourth-order valence-corrected chi connectivity index (χ4v) is 3.03. The molecule has 0 radical (unpaired) electrons. The molecule has 0 saturated carbocycles. The van der Waals surface area contributed by atoms with Crippen LogP contribution in [0, 0.1) is 0 Å². The van der Waals surface area contributed by atoms with E-state index in [1.54, 1.807) is 16.7 Å². The van der Waals surface area contributed by atoms with E-state index in [0.717, 1.165) is 5.52 Å². The molecule has 5 nitrogen and oxygen atoms in total. The Kier molecular flexibility index (Phi) is 3.61. The van der Waals surface area contributed by atoms with Crippen molar-refractivity contribution in [3.05, 3.63) is 23.1 Å². The SMILES string of the molecule is COC(=O)c1nc(Cl)cc2c1cnn2PI. The van der Waals surface area contributed by atoms with E-state index in [9.17, 15) is 4.79 Å². The van der Waals surface area contributed by atoms with Gasteiger partial charge in [-0.05, 0) is 22.0 Å². The number of carbonyl (C=O) groups excluding carboxylic acids is 1. The Morgan fingerprint density at radius 2 is 2.44 bits per heavy atom. The summed E-state index contributed by atoms with van der Waals surface area (Å²) in [5.41, 5.74) is 0.985. The monoisotopic (exact) mass is 369 g/mol. The molecule has 0 aliphatic carbocycles. The third kappa shape index (κ3) is 2.01. The van der Waals surface area contributed by atoms with Crippen LogP contribution in [0.15, 0.2) is 12.3 Å². The molecule has 84 valence electrons. The standard InChI is InChI=1S/C8H6ClIN3O2P/c1-15-8(14)7-4-3-11-13(16-10)5(4)2-6(9)12-7/h2-3,16H,1H3. The summed E-state index contributed by atoms with van der Waals surface area (Å²) in [6.07, 6.45) is 2.03. The molecule has 0 bridgehead atoms. The molecule has 2 heterocycles. The summed E-state index contributed by atoms with van der Waals surface area (Å²) in [6, 6.07) is 1.68. The van der Waals surface area contributed by atoms with Gasteiger partial charge in [0.2, 0.25) is 0 Å². The maximum Gasteiger partial charge on any atom is 0.357 e. The third-order valence-corrected chi connectivity index (χ3v) is 4.08. The number of carbonyl (C=O) groups is 1. The molecule has 0 aliphatic heterocycles. The lowest BCUT2D eigenvalue weighted by molar-refractivity contribution is 0.0596. The average Bonchev–Trinajstić information content (AvgIpc) is 2.69. The smallest absolute Gasteiger partial charge is 0.357 e. The van der Waals surface area contributed by atoms with Crippen molar-refractivity contribution >= 4 is 56.9 Å². The number of ether oxygens (including phenoxy) is 1. The van der Waals surface area contributed by atoms with Gasteiger partial charge in [0.05, 0.1) is 30.6 Å². The molecule has 2 aromatic heterocycles. The molecule has 0 aliphatic rings. The number of methoxy groups -OCH3 is 1. The molecule has 0 fully saturated rings. The van der Waals surface area contributed by atoms with Crippen LogP contribution in [0.3, 0.4) is 0 Å². The molecular weight excluding hydrogens is 363 g/mol. The maximum atomic E-state index is 11.5. The first-order valence-corrected chi connectivity index (χ1v) is 8.60. The van der Waals surface area contributed by atoms with Crippen LogP contribution >= 0.6 is 40.0 Å². The molecule has 0 aromatic carbocycles. The van der Waals surface area contributed by atoms with Crippen LogP contribution in [-0.4, -0.2) is 27.6 Å². The highest BCUT2D eigenvalue weighted by molar-refractivity contribution is 14.2. The van der Waals surface area contributed by atoms with E-state index in [1.807, 2.05) is 0 Å². The predicted octanol–water partition coefficient (Wildman–Crippen LogP) is 2.66. The molecule has 2 aromatic rings. The van der Waals surface area contributed by atoms with Crippen molar-refractivity contribution in [1.29, 1.82) is 0 Å². The molecular formula is C8H6ClIN3O2P. The molecule has 0 amide bonds. The molecule has 16 heavy (non-hydrogen) atoms. The second-order valence-electron chi connectivity index (χ2n) is 2.86. The number of hydrogen-bond acceptors (Lipinski definition) is 4. The summed E-state index contributed by atoms with van der Waals surface area (Å²) in [4.78, 5) is 15.5. The zero-order valence-electron chi connectivity index (χ0n) is 8.07. The van der Waals surface area contributed by atoms with Gasteiger partial charge in [-0.25, -0.2) is 14.2 Å². The highest BCUT2D eigenvalue weighted by Gasteiger charge is 2.16.